The van der Waals surface area contributed by atoms with E-state index in [0.717, 1.165) is 25.7 Å². The smallest absolute Gasteiger partial charge is 0.234 e. The van der Waals surface area contributed by atoms with Crippen molar-refractivity contribution in [3.63, 3.8) is 0 Å². The molecule has 0 aliphatic carbocycles. The van der Waals surface area contributed by atoms with Gasteiger partial charge in [-0.25, -0.2) is 4.39 Å². The number of carbonyl (C=O) groups excluding carboxylic acids is 2. The number of halogens is 1. The van der Waals surface area contributed by atoms with Crippen molar-refractivity contribution in [1.82, 2.24) is 5.32 Å². The van der Waals surface area contributed by atoms with Crippen LogP contribution in [0.3, 0.4) is 0 Å². The number of hydrogen-bond acceptors (Lipinski definition) is 2. The molecule has 1 N–H and O–H groups in total. The topological polar surface area (TPSA) is 46.2 Å². The van der Waals surface area contributed by atoms with Gasteiger partial charge in [-0.1, -0.05) is 51.3 Å². The van der Waals surface area contributed by atoms with Crippen LogP contribution in [0.2, 0.25) is 0 Å². The summed E-state index contributed by atoms with van der Waals surface area (Å²) in [5.41, 5.74) is -0.127. The number of carbonyl (C=O) groups is 2. The average Bonchev–Trinajstić information content (AvgIpc) is 2.40. The molecule has 0 spiro atoms. The minimum absolute atomic E-state index is 0.258. The minimum Gasteiger partial charge on any atom is -0.296 e. The molecule has 1 aliphatic rings. The molecule has 1 heterocycles. The lowest BCUT2D eigenvalue weighted by molar-refractivity contribution is -0.139. The summed E-state index contributed by atoms with van der Waals surface area (Å²) >= 11 is 0. The summed E-state index contributed by atoms with van der Waals surface area (Å²) < 4.78 is 14.1. The molecule has 0 saturated carbocycles. The summed E-state index contributed by atoms with van der Waals surface area (Å²) in [6.45, 7) is 4.03. The maximum absolute atomic E-state index is 14.1. The van der Waals surface area contributed by atoms with E-state index in [9.17, 15) is 14.0 Å². The second-order valence-electron chi connectivity index (χ2n) is 6.15. The van der Waals surface area contributed by atoms with Crippen molar-refractivity contribution in [2.75, 3.05) is 0 Å². The van der Waals surface area contributed by atoms with Crippen LogP contribution in [0.5, 0.6) is 0 Å². The lowest BCUT2D eigenvalue weighted by Gasteiger charge is -2.40. The van der Waals surface area contributed by atoms with Crippen molar-refractivity contribution in [1.29, 1.82) is 0 Å². The average molecular weight is 291 g/mol. The van der Waals surface area contributed by atoms with E-state index in [1.54, 1.807) is 18.2 Å². The molecule has 3 nitrogen and oxygen atoms in total. The highest BCUT2D eigenvalue weighted by Gasteiger charge is 2.46. The summed E-state index contributed by atoms with van der Waals surface area (Å²) in [6.07, 6.45) is 4.08. The molecule has 0 aromatic heterocycles. The third-order valence-electron chi connectivity index (χ3n) is 4.35. The van der Waals surface area contributed by atoms with E-state index in [4.69, 9.17) is 0 Å². The first-order chi connectivity index (χ1) is 9.98. The Hall–Kier alpha value is -1.71. The zero-order chi connectivity index (χ0) is 15.5. The van der Waals surface area contributed by atoms with Gasteiger partial charge in [-0.2, -0.15) is 0 Å². The molecule has 2 atom stereocenters. The van der Waals surface area contributed by atoms with E-state index in [1.807, 2.05) is 6.92 Å². The van der Waals surface area contributed by atoms with E-state index < -0.39 is 11.3 Å². The van der Waals surface area contributed by atoms with Crippen LogP contribution in [0.4, 0.5) is 4.39 Å². The molecule has 21 heavy (non-hydrogen) atoms. The Labute approximate surface area is 124 Å². The number of hydrogen-bond donors (Lipinski definition) is 1. The Bertz CT molecular complexity index is 543. The maximum Gasteiger partial charge on any atom is 0.234 e. The summed E-state index contributed by atoms with van der Waals surface area (Å²) in [6, 6.07) is 6.35. The van der Waals surface area contributed by atoms with Crippen molar-refractivity contribution in [3.8, 4) is 0 Å². The molecular weight excluding hydrogens is 269 g/mol. The molecule has 1 saturated heterocycles. The van der Waals surface area contributed by atoms with Gasteiger partial charge >= 0.3 is 0 Å². The van der Waals surface area contributed by atoms with Crippen LogP contribution in [0.25, 0.3) is 0 Å². The molecule has 4 heteroatoms. The van der Waals surface area contributed by atoms with Gasteiger partial charge in [0.05, 0.1) is 5.92 Å². The summed E-state index contributed by atoms with van der Waals surface area (Å²) in [4.78, 5) is 24.1. The van der Waals surface area contributed by atoms with Crippen LogP contribution in [0.1, 0.15) is 57.4 Å². The Balaban J connectivity index is 2.35. The Morgan fingerprint density at radius 1 is 1.29 bits per heavy atom. The second kappa shape index (κ2) is 6.37. The number of amides is 2. The number of nitrogens with one attached hydrogen (secondary N) is 1. The molecular formula is C17H22FNO2. The van der Waals surface area contributed by atoms with Crippen molar-refractivity contribution in [2.24, 2.45) is 5.41 Å². The van der Waals surface area contributed by atoms with Crippen LogP contribution < -0.4 is 5.32 Å². The molecule has 1 aliphatic heterocycles. The van der Waals surface area contributed by atoms with Gasteiger partial charge in [0.2, 0.25) is 11.8 Å². The third kappa shape index (κ3) is 3.31. The zero-order valence-electron chi connectivity index (χ0n) is 12.6. The van der Waals surface area contributed by atoms with E-state index in [1.165, 1.54) is 6.07 Å². The first-order valence-corrected chi connectivity index (χ1v) is 7.56. The van der Waals surface area contributed by atoms with Crippen LogP contribution in [0.15, 0.2) is 24.3 Å². The highest BCUT2D eigenvalue weighted by Crippen LogP contribution is 2.45. The first-order valence-electron chi connectivity index (χ1n) is 7.56. The number of rotatable bonds is 5. The minimum atomic E-state index is -0.603. The number of piperidine rings is 1. The monoisotopic (exact) mass is 291 g/mol. The molecule has 2 unspecified atom stereocenters. The molecule has 2 amide bonds. The van der Waals surface area contributed by atoms with Gasteiger partial charge in [0.1, 0.15) is 5.82 Å². The normalized spacial score (nSPS) is 25.8. The molecule has 114 valence electrons. The molecule has 2 rings (SSSR count). The first kappa shape index (κ1) is 15.7. The van der Waals surface area contributed by atoms with Gasteiger partial charge in [0.15, 0.2) is 0 Å². The van der Waals surface area contributed by atoms with Gasteiger partial charge in [-0.3, -0.25) is 14.9 Å². The Kier molecular flexibility index (Phi) is 4.76. The number of imide groups is 1. The highest BCUT2D eigenvalue weighted by molar-refractivity contribution is 6.02. The van der Waals surface area contributed by atoms with Gasteiger partial charge in [0.25, 0.3) is 0 Å². The van der Waals surface area contributed by atoms with Crippen molar-refractivity contribution in [3.05, 3.63) is 35.6 Å². The number of benzene rings is 1. The van der Waals surface area contributed by atoms with E-state index in [2.05, 4.69) is 12.2 Å². The van der Waals surface area contributed by atoms with Crippen LogP contribution in [-0.2, 0) is 9.59 Å². The summed E-state index contributed by atoms with van der Waals surface area (Å²) in [5, 5.41) is 2.36. The fraction of sp³-hybridized carbons (Fsp3) is 0.529. The van der Waals surface area contributed by atoms with E-state index in [-0.39, 0.29) is 24.1 Å². The third-order valence-corrected chi connectivity index (χ3v) is 4.35. The van der Waals surface area contributed by atoms with Gasteiger partial charge in [0, 0.05) is 12.0 Å². The van der Waals surface area contributed by atoms with Crippen molar-refractivity contribution >= 4 is 11.8 Å². The predicted octanol–water partition coefficient (Wildman–Crippen LogP) is 3.54. The van der Waals surface area contributed by atoms with Gasteiger partial charge < -0.3 is 0 Å². The highest BCUT2D eigenvalue weighted by atomic mass is 19.1. The number of unbranched alkanes of at least 4 members (excludes halogenated alkanes) is 2. The van der Waals surface area contributed by atoms with Crippen LogP contribution in [-0.4, -0.2) is 11.8 Å². The second-order valence-corrected chi connectivity index (χ2v) is 6.15. The molecule has 0 bridgehead atoms. The lowest BCUT2D eigenvalue weighted by Crippen LogP contribution is -2.49. The Morgan fingerprint density at radius 2 is 2.00 bits per heavy atom. The van der Waals surface area contributed by atoms with Crippen molar-refractivity contribution in [2.45, 2.75) is 51.9 Å². The predicted molar refractivity (Wildman–Crippen MR) is 79.2 cm³/mol. The quantitative estimate of drug-likeness (QED) is 0.666. The van der Waals surface area contributed by atoms with E-state index in [0.29, 0.717) is 5.56 Å². The fourth-order valence-corrected chi connectivity index (χ4v) is 3.28. The van der Waals surface area contributed by atoms with E-state index >= 15 is 0 Å². The SMILES string of the molecule is CCCCCC1(C)CC(=O)NC(=O)C1c1ccccc1F. The maximum atomic E-state index is 14.1. The van der Waals surface area contributed by atoms with Crippen molar-refractivity contribution < 1.29 is 14.0 Å². The molecule has 0 radical (unpaired) electrons. The summed E-state index contributed by atoms with van der Waals surface area (Å²) in [7, 11) is 0. The van der Waals surface area contributed by atoms with Gasteiger partial charge in [-0.05, 0) is 17.9 Å². The summed E-state index contributed by atoms with van der Waals surface area (Å²) in [5.74, 6) is -1.62. The lowest BCUT2D eigenvalue weighted by atomic mass is 9.66. The zero-order valence-corrected chi connectivity index (χ0v) is 12.6. The molecule has 1 aromatic carbocycles. The standard InChI is InChI=1S/C17H22FNO2/c1-3-4-7-10-17(2)11-14(20)19-16(21)15(17)12-8-5-6-9-13(12)18/h5-6,8-9,15H,3-4,7,10-11H2,1-2H3,(H,19,20,21). The Morgan fingerprint density at radius 3 is 2.67 bits per heavy atom. The largest absolute Gasteiger partial charge is 0.296 e. The molecule has 1 fully saturated rings. The fourth-order valence-electron chi connectivity index (χ4n) is 3.28. The van der Waals surface area contributed by atoms with Gasteiger partial charge in [-0.15, -0.1) is 0 Å². The van der Waals surface area contributed by atoms with Crippen LogP contribution >= 0.6 is 0 Å². The van der Waals surface area contributed by atoms with Crippen LogP contribution in [0, 0.1) is 11.2 Å². The molecule has 1 aromatic rings.